The summed E-state index contributed by atoms with van der Waals surface area (Å²) in [6.45, 7) is 7.69. The van der Waals surface area contributed by atoms with Gasteiger partial charge in [0.2, 0.25) is 11.8 Å². The first-order chi connectivity index (χ1) is 19.9. The number of nitrogens with zero attached hydrogens (tertiary/aromatic N) is 1. The van der Waals surface area contributed by atoms with Gasteiger partial charge in [0.05, 0.1) is 24.6 Å². The van der Waals surface area contributed by atoms with Crippen LogP contribution < -0.4 is 5.32 Å². The molecular formula is C33H39N3O5. The minimum atomic E-state index is -0.654. The van der Waals surface area contributed by atoms with Crippen molar-refractivity contribution in [3.05, 3.63) is 96.7 Å². The monoisotopic (exact) mass is 557 g/mol. The average Bonchev–Trinajstić information content (AvgIpc) is 3.40. The van der Waals surface area contributed by atoms with Crippen LogP contribution in [0.5, 0.6) is 0 Å². The highest BCUT2D eigenvalue weighted by Crippen LogP contribution is 2.26. The van der Waals surface area contributed by atoms with Crippen LogP contribution >= 0.6 is 0 Å². The van der Waals surface area contributed by atoms with Gasteiger partial charge in [0.25, 0.3) is 0 Å². The molecule has 0 radical (unpaired) electrons. The van der Waals surface area contributed by atoms with Crippen LogP contribution in [-0.4, -0.2) is 58.1 Å². The van der Waals surface area contributed by atoms with Gasteiger partial charge in [0.1, 0.15) is 6.61 Å². The maximum absolute atomic E-state index is 13.6. The van der Waals surface area contributed by atoms with Crippen molar-refractivity contribution < 1.29 is 24.2 Å². The summed E-state index contributed by atoms with van der Waals surface area (Å²) in [5.41, 5.74) is 4.14. The van der Waals surface area contributed by atoms with Crippen LogP contribution in [0.3, 0.4) is 0 Å². The summed E-state index contributed by atoms with van der Waals surface area (Å²) in [7, 11) is 0. The lowest BCUT2D eigenvalue weighted by Crippen LogP contribution is -2.48. The van der Waals surface area contributed by atoms with E-state index in [0.717, 1.165) is 27.6 Å². The fraction of sp³-hybridized carbons (Fsp3) is 0.364. The number of carbonyl (C=O) groups is 3. The Morgan fingerprint density at radius 1 is 1.10 bits per heavy atom. The molecule has 0 saturated carbocycles. The van der Waals surface area contributed by atoms with E-state index in [2.05, 4.69) is 23.5 Å². The van der Waals surface area contributed by atoms with E-state index in [1.165, 1.54) is 0 Å². The topological polar surface area (TPSA) is 112 Å². The van der Waals surface area contributed by atoms with E-state index in [-0.39, 0.29) is 49.9 Å². The van der Waals surface area contributed by atoms with Crippen LogP contribution in [-0.2, 0) is 38.5 Å². The second kappa shape index (κ2) is 14.5. The maximum atomic E-state index is 13.6. The smallest absolute Gasteiger partial charge is 0.306 e. The number of aliphatic hydroxyl groups is 1. The highest BCUT2D eigenvalue weighted by molar-refractivity contribution is 5.87. The number of carbonyl (C=O) groups excluding carboxylic acids is 3. The number of rotatable bonds is 14. The summed E-state index contributed by atoms with van der Waals surface area (Å²) >= 11 is 0. The molecular weight excluding hydrogens is 518 g/mol. The zero-order chi connectivity index (χ0) is 29.2. The first-order valence-electron chi connectivity index (χ1n) is 14.1. The van der Waals surface area contributed by atoms with Gasteiger partial charge in [-0.3, -0.25) is 14.4 Å². The first kappa shape index (κ1) is 29.8. The van der Waals surface area contributed by atoms with Gasteiger partial charge in [-0.2, -0.15) is 0 Å². The minimum Gasteiger partial charge on any atom is -0.463 e. The van der Waals surface area contributed by atoms with Gasteiger partial charge >= 0.3 is 5.97 Å². The standard InChI is InChI=1S/C33H39N3O5/c1-3-5-15-32(39)41-22-27(16-26-19-34-30-14-9-8-13-29(26)30)35-33(40)24(10-4-2)18-31(38)36-20-25-12-7-6-11-23(25)17-28(36)21-37/h3-4,6-9,11-14,19,24,27-28,34,37H,1-2,5,10,15-18,20-22H2,(H,35,40)/t24-,27+,28+/m1/s1. The number of aromatic amines is 1. The molecule has 3 aromatic rings. The number of aliphatic hydroxyl groups excluding tert-OH is 1. The van der Waals surface area contributed by atoms with Crippen LogP contribution in [0.4, 0.5) is 0 Å². The number of para-hydroxylation sites is 1. The largest absolute Gasteiger partial charge is 0.463 e. The Labute approximate surface area is 241 Å². The number of amides is 2. The fourth-order valence-electron chi connectivity index (χ4n) is 5.38. The number of fused-ring (bicyclic) bond motifs is 2. The third-order valence-corrected chi connectivity index (χ3v) is 7.62. The second-order valence-corrected chi connectivity index (χ2v) is 10.5. The molecule has 0 fully saturated rings. The van der Waals surface area contributed by atoms with Crippen molar-refractivity contribution in [2.24, 2.45) is 5.92 Å². The Balaban J connectivity index is 1.47. The highest BCUT2D eigenvalue weighted by atomic mass is 16.5. The molecule has 4 rings (SSSR count). The molecule has 3 N–H and O–H groups in total. The Bertz CT molecular complexity index is 1380. The van der Waals surface area contributed by atoms with Crippen LogP contribution in [0.1, 0.15) is 42.4 Å². The number of nitrogens with one attached hydrogen (secondary N) is 2. The van der Waals surface area contributed by atoms with Gasteiger partial charge in [-0.1, -0.05) is 54.6 Å². The zero-order valence-corrected chi connectivity index (χ0v) is 23.4. The maximum Gasteiger partial charge on any atom is 0.306 e. The quantitative estimate of drug-likeness (QED) is 0.203. The van der Waals surface area contributed by atoms with Crippen molar-refractivity contribution in [3.8, 4) is 0 Å². The fourth-order valence-corrected chi connectivity index (χ4v) is 5.38. The van der Waals surface area contributed by atoms with E-state index >= 15 is 0 Å². The minimum absolute atomic E-state index is 0.00543. The third kappa shape index (κ3) is 7.73. The molecule has 1 aromatic heterocycles. The van der Waals surface area contributed by atoms with Crippen LogP contribution in [0.25, 0.3) is 10.9 Å². The number of ether oxygens (including phenoxy) is 1. The average molecular weight is 558 g/mol. The predicted molar refractivity (Wildman–Crippen MR) is 159 cm³/mol. The number of esters is 1. The summed E-state index contributed by atoms with van der Waals surface area (Å²) in [5, 5.41) is 14.1. The van der Waals surface area contributed by atoms with Gasteiger partial charge in [-0.15, -0.1) is 13.2 Å². The number of hydrogen-bond donors (Lipinski definition) is 3. The van der Waals surface area contributed by atoms with Gasteiger partial charge in [-0.05, 0) is 48.4 Å². The van der Waals surface area contributed by atoms with Gasteiger partial charge in [-0.25, -0.2) is 0 Å². The lowest BCUT2D eigenvalue weighted by Gasteiger charge is -2.36. The highest BCUT2D eigenvalue weighted by Gasteiger charge is 2.32. The molecule has 8 heteroatoms. The van der Waals surface area contributed by atoms with Crippen LogP contribution in [0.15, 0.2) is 80.0 Å². The van der Waals surface area contributed by atoms with Crippen molar-refractivity contribution in [2.75, 3.05) is 13.2 Å². The lowest BCUT2D eigenvalue weighted by molar-refractivity contribution is -0.145. The molecule has 0 bridgehead atoms. The molecule has 2 heterocycles. The molecule has 216 valence electrons. The predicted octanol–water partition coefficient (Wildman–Crippen LogP) is 4.23. The van der Waals surface area contributed by atoms with Crippen molar-refractivity contribution in [3.63, 3.8) is 0 Å². The molecule has 41 heavy (non-hydrogen) atoms. The Morgan fingerprint density at radius 2 is 1.85 bits per heavy atom. The van der Waals surface area contributed by atoms with Crippen molar-refractivity contribution in [2.45, 2.75) is 57.2 Å². The molecule has 0 spiro atoms. The number of hydrogen-bond acceptors (Lipinski definition) is 5. The van der Waals surface area contributed by atoms with Crippen molar-refractivity contribution >= 4 is 28.7 Å². The second-order valence-electron chi connectivity index (χ2n) is 10.5. The number of allylic oxidation sites excluding steroid dienone is 2. The molecule has 0 aliphatic carbocycles. The molecule has 0 saturated heterocycles. The summed E-state index contributed by atoms with van der Waals surface area (Å²) in [6.07, 6.45) is 7.22. The molecule has 3 atom stereocenters. The Kier molecular flexibility index (Phi) is 10.5. The summed E-state index contributed by atoms with van der Waals surface area (Å²) in [5.74, 6) is -1.51. The Morgan fingerprint density at radius 3 is 2.61 bits per heavy atom. The molecule has 1 aliphatic rings. The summed E-state index contributed by atoms with van der Waals surface area (Å²) in [4.78, 5) is 44.2. The molecule has 1 aliphatic heterocycles. The van der Waals surface area contributed by atoms with E-state index in [4.69, 9.17) is 4.74 Å². The number of H-pyrrole nitrogens is 1. The Hall–Kier alpha value is -4.17. The lowest BCUT2D eigenvalue weighted by atomic mass is 9.92. The van der Waals surface area contributed by atoms with E-state index < -0.39 is 12.0 Å². The van der Waals surface area contributed by atoms with Crippen molar-refractivity contribution in [1.29, 1.82) is 0 Å². The van der Waals surface area contributed by atoms with Gasteiger partial charge in [0.15, 0.2) is 0 Å². The van der Waals surface area contributed by atoms with Gasteiger partial charge < -0.3 is 25.0 Å². The zero-order valence-electron chi connectivity index (χ0n) is 23.4. The number of aromatic nitrogens is 1. The summed E-state index contributed by atoms with van der Waals surface area (Å²) in [6, 6.07) is 14.9. The van der Waals surface area contributed by atoms with E-state index in [1.807, 2.05) is 54.7 Å². The SMILES string of the molecule is C=CCCC(=O)OC[C@H](Cc1c[nH]c2ccccc12)NC(=O)[C@H](CC=C)CC(=O)N1Cc2ccccc2C[C@H]1CO. The van der Waals surface area contributed by atoms with Crippen LogP contribution in [0.2, 0.25) is 0 Å². The van der Waals surface area contributed by atoms with Crippen molar-refractivity contribution in [1.82, 2.24) is 15.2 Å². The molecule has 2 amide bonds. The first-order valence-corrected chi connectivity index (χ1v) is 14.1. The number of benzene rings is 2. The van der Waals surface area contributed by atoms with Gasteiger partial charge in [0, 0.05) is 36.5 Å². The normalized spacial score (nSPS) is 15.9. The molecule has 2 aromatic carbocycles. The van der Waals surface area contributed by atoms with E-state index in [9.17, 15) is 19.5 Å². The van der Waals surface area contributed by atoms with E-state index in [0.29, 0.717) is 32.2 Å². The summed E-state index contributed by atoms with van der Waals surface area (Å²) < 4.78 is 5.51. The molecule has 0 unspecified atom stereocenters. The van der Waals surface area contributed by atoms with E-state index in [1.54, 1.807) is 17.1 Å². The molecule has 8 nitrogen and oxygen atoms in total. The van der Waals surface area contributed by atoms with Crippen LogP contribution in [0, 0.1) is 5.92 Å². The third-order valence-electron chi connectivity index (χ3n) is 7.62.